The molecule has 3 N–H and O–H groups in total. The molecule has 0 radical (unpaired) electrons. The minimum atomic E-state index is -0.807. The van der Waals surface area contributed by atoms with Gasteiger partial charge in [-0.2, -0.15) is 0 Å². The predicted molar refractivity (Wildman–Crippen MR) is 84.4 cm³/mol. The van der Waals surface area contributed by atoms with Gasteiger partial charge in [-0.05, 0) is 58.8 Å². The van der Waals surface area contributed by atoms with Gasteiger partial charge in [-0.1, -0.05) is 12.5 Å². The zero-order valence-corrected chi connectivity index (χ0v) is 13.5. The molecule has 114 valence electrons. The zero-order valence-electron chi connectivity index (χ0n) is 11.9. The number of urea groups is 1. The number of carboxylic acid groups (broad SMARTS) is 1. The lowest BCUT2D eigenvalue weighted by Gasteiger charge is -2.40. The summed E-state index contributed by atoms with van der Waals surface area (Å²) in [6.07, 6.45) is 2.85. The summed E-state index contributed by atoms with van der Waals surface area (Å²) in [5, 5.41) is 14.5. The monoisotopic (exact) mass is 354 g/mol. The van der Waals surface area contributed by atoms with Crippen molar-refractivity contribution >= 4 is 33.6 Å². The number of anilines is 1. The number of benzene rings is 1. The second-order valence-electron chi connectivity index (χ2n) is 5.72. The standard InChI is InChI=1S/C15H19BrN2O3/c1-10-3-4-11(16)12(7-10)18-14(21)17-9-15(5-2-6-15)8-13(19)20/h3-4,7H,2,5-6,8-9H2,1H3,(H,19,20)(H2,17,18,21). The third-order valence-electron chi connectivity index (χ3n) is 3.93. The van der Waals surface area contributed by atoms with Crippen LogP contribution in [0.4, 0.5) is 10.5 Å². The highest BCUT2D eigenvalue weighted by Crippen LogP contribution is 2.43. The maximum absolute atomic E-state index is 12.0. The first-order valence-corrected chi connectivity index (χ1v) is 7.72. The molecule has 21 heavy (non-hydrogen) atoms. The Labute approximate surface area is 132 Å². The van der Waals surface area contributed by atoms with Crippen LogP contribution in [0.3, 0.4) is 0 Å². The molecule has 2 amide bonds. The normalized spacial score (nSPS) is 15.9. The quantitative estimate of drug-likeness (QED) is 0.756. The van der Waals surface area contributed by atoms with Gasteiger partial charge < -0.3 is 15.7 Å². The molecule has 2 rings (SSSR count). The fourth-order valence-electron chi connectivity index (χ4n) is 2.58. The molecular formula is C15H19BrN2O3. The van der Waals surface area contributed by atoms with E-state index in [1.165, 1.54) is 0 Å². The van der Waals surface area contributed by atoms with Gasteiger partial charge in [0.2, 0.25) is 0 Å². The van der Waals surface area contributed by atoms with Crippen LogP contribution < -0.4 is 10.6 Å². The SMILES string of the molecule is Cc1ccc(Br)c(NC(=O)NCC2(CC(=O)O)CCC2)c1. The first-order chi connectivity index (χ1) is 9.90. The summed E-state index contributed by atoms with van der Waals surface area (Å²) in [4.78, 5) is 22.8. The van der Waals surface area contributed by atoms with Gasteiger partial charge in [0.05, 0.1) is 12.1 Å². The van der Waals surface area contributed by atoms with Gasteiger partial charge in [0.25, 0.3) is 0 Å². The number of carbonyl (C=O) groups is 2. The fraction of sp³-hybridized carbons (Fsp3) is 0.467. The Kier molecular flexibility index (Phi) is 4.88. The third-order valence-corrected chi connectivity index (χ3v) is 4.63. The molecule has 0 unspecified atom stereocenters. The average molecular weight is 355 g/mol. The summed E-state index contributed by atoms with van der Waals surface area (Å²) in [6.45, 7) is 2.35. The first kappa shape index (κ1) is 15.8. The predicted octanol–water partition coefficient (Wildman–Crippen LogP) is 3.52. The smallest absolute Gasteiger partial charge is 0.319 e. The van der Waals surface area contributed by atoms with Gasteiger partial charge in [-0.25, -0.2) is 4.79 Å². The molecule has 0 aliphatic heterocycles. The van der Waals surface area contributed by atoms with E-state index in [9.17, 15) is 9.59 Å². The van der Waals surface area contributed by atoms with E-state index in [1.54, 1.807) is 0 Å². The van der Waals surface area contributed by atoms with Crippen molar-refractivity contribution in [2.24, 2.45) is 5.41 Å². The molecular weight excluding hydrogens is 336 g/mol. The minimum Gasteiger partial charge on any atom is -0.481 e. The van der Waals surface area contributed by atoms with Crippen molar-refractivity contribution in [3.8, 4) is 0 Å². The highest BCUT2D eigenvalue weighted by molar-refractivity contribution is 9.10. The van der Waals surface area contributed by atoms with Crippen LogP contribution in [0.25, 0.3) is 0 Å². The number of nitrogens with one attached hydrogen (secondary N) is 2. The second kappa shape index (κ2) is 6.47. The maximum Gasteiger partial charge on any atom is 0.319 e. The molecule has 0 spiro atoms. The van der Waals surface area contributed by atoms with Gasteiger partial charge in [-0.15, -0.1) is 0 Å². The number of aliphatic carboxylic acids is 1. The molecule has 1 aromatic carbocycles. The van der Waals surface area contributed by atoms with E-state index in [0.717, 1.165) is 29.3 Å². The lowest BCUT2D eigenvalue weighted by Crippen LogP contribution is -2.44. The topological polar surface area (TPSA) is 78.4 Å². The lowest BCUT2D eigenvalue weighted by atomic mass is 9.66. The van der Waals surface area contributed by atoms with Gasteiger partial charge in [0.15, 0.2) is 0 Å². The lowest BCUT2D eigenvalue weighted by molar-refractivity contribution is -0.141. The number of rotatable bonds is 5. The van der Waals surface area contributed by atoms with Crippen molar-refractivity contribution in [2.75, 3.05) is 11.9 Å². The summed E-state index contributed by atoms with van der Waals surface area (Å²) in [5.74, 6) is -0.807. The number of amides is 2. The minimum absolute atomic E-state index is 0.113. The van der Waals surface area contributed by atoms with E-state index in [1.807, 2.05) is 25.1 Å². The van der Waals surface area contributed by atoms with Gasteiger partial charge in [0.1, 0.15) is 0 Å². The van der Waals surface area contributed by atoms with Crippen LogP contribution in [0.2, 0.25) is 0 Å². The van der Waals surface area contributed by atoms with Crippen LogP contribution in [0.5, 0.6) is 0 Å². The summed E-state index contributed by atoms with van der Waals surface area (Å²) >= 11 is 3.39. The highest BCUT2D eigenvalue weighted by Gasteiger charge is 2.39. The van der Waals surface area contributed by atoms with E-state index in [4.69, 9.17) is 5.11 Å². The second-order valence-corrected chi connectivity index (χ2v) is 6.57. The molecule has 0 bridgehead atoms. The summed E-state index contributed by atoms with van der Waals surface area (Å²) < 4.78 is 0.812. The number of hydrogen-bond acceptors (Lipinski definition) is 2. The molecule has 1 aliphatic rings. The maximum atomic E-state index is 12.0. The average Bonchev–Trinajstić information content (AvgIpc) is 2.36. The summed E-state index contributed by atoms with van der Waals surface area (Å²) in [5.41, 5.74) is 1.48. The van der Waals surface area contributed by atoms with Crippen molar-refractivity contribution in [1.29, 1.82) is 0 Å². The van der Waals surface area contributed by atoms with Crippen LogP contribution >= 0.6 is 15.9 Å². The molecule has 1 aliphatic carbocycles. The number of hydrogen-bond donors (Lipinski definition) is 3. The van der Waals surface area contributed by atoms with E-state index in [0.29, 0.717) is 12.2 Å². The van der Waals surface area contributed by atoms with Crippen molar-refractivity contribution < 1.29 is 14.7 Å². The van der Waals surface area contributed by atoms with Crippen LogP contribution in [0.15, 0.2) is 22.7 Å². The molecule has 6 heteroatoms. The van der Waals surface area contributed by atoms with Crippen molar-refractivity contribution in [1.82, 2.24) is 5.32 Å². The van der Waals surface area contributed by atoms with Gasteiger partial charge >= 0.3 is 12.0 Å². The van der Waals surface area contributed by atoms with Crippen LogP contribution in [0, 0.1) is 12.3 Å². The van der Waals surface area contributed by atoms with Gasteiger partial charge in [0, 0.05) is 11.0 Å². The van der Waals surface area contributed by atoms with Gasteiger partial charge in [-0.3, -0.25) is 4.79 Å². The van der Waals surface area contributed by atoms with Crippen molar-refractivity contribution in [2.45, 2.75) is 32.6 Å². The summed E-state index contributed by atoms with van der Waals surface area (Å²) in [7, 11) is 0. The Hall–Kier alpha value is -1.56. The molecule has 0 atom stereocenters. The zero-order chi connectivity index (χ0) is 15.5. The fourth-order valence-corrected chi connectivity index (χ4v) is 2.93. The Morgan fingerprint density at radius 2 is 2.10 bits per heavy atom. The Bertz CT molecular complexity index is 556. The number of halogens is 1. The van der Waals surface area contributed by atoms with E-state index >= 15 is 0 Å². The largest absolute Gasteiger partial charge is 0.481 e. The Morgan fingerprint density at radius 1 is 1.38 bits per heavy atom. The first-order valence-electron chi connectivity index (χ1n) is 6.93. The molecule has 5 nitrogen and oxygen atoms in total. The van der Waals surface area contributed by atoms with Crippen molar-refractivity contribution in [3.05, 3.63) is 28.2 Å². The molecule has 0 saturated heterocycles. The number of carboxylic acids is 1. The molecule has 1 fully saturated rings. The van der Waals surface area contributed by atoms with Crippen LogP contribution in [-0.4, -0.2) is 23.7 Å². The van der Waals surface area contributed by atoms with E-state index in [-0.39, 0.29) is 17.9 Å². The Balaban J connectivity index is 1.90. The number of carbonyl (C=O) groups excluding carboxylic acids is 1. The van der Waals surface area contributed by atoms with E-state index in [2.05, 4.69) is 26.6 Å². The third kappa shape index (κ3) is 4.20. The van der Waals surface area contributed by atoms with Crippen molar-refractivity contribution in [3.63, 3.8) is 0 Å². The highest BCUT2D eigenvalue weighted by atomic mass is 79.9. The number of aryl methyl sites for hydroxylation is 1. The van der Waals surface area contributed by atoms with Crippen LogP contribution in [-0.2, 0) is 4.79 Å². The molecule has 0 aromatic heterocycles. The Morgan fingerprint density at radius 3 is 2.67 bits per heavy atom. The van der Waals surface area contributed by atoms with E-state index < -0.39 is 5.97 Å². The van der Waals surface area contributed by atoms with Crippen LogP contribution in [0.1, 0.15) is 31.2 Å². The molecule has 1 saturated carbocycles. The molecule has 1 aromatic rings. The summed E-state index contributed by atoms with van der Waals surface area (Å²) in [6, 6.07) is 5.39. The molecule has 0 heterocycles.